The van der Waals surface area contributed by atoms with E-state index in [9.17, 15) is 0 Å². The van der Waals surface area contributed by atoms with Crippen LogP contribution in [0.15, 0.2) is 18.5 Å². The van der Waals surface area contributed by atoms with Gasteiger partial charge < -0.3 is 0 Å². The zero-order valence-electron chi connectivity index (χ0n) is 5.85. The van der Waals surface area contributed by atoms with Crippen molar-refractivity contribution in [1.82, 2.24) is 4.98 Å². The Balaban J connectivity index is 0.000000291. The number of thiazole rings is 1. The summed E-state index contributed by atoms with van der Waals surface area (Å²) in [6.45, 7) is 10.0. The van der Waals surface area contributed by atoms with Crippen LogP contribution < -0.4 is 0 Å². The van der Waals surface area contributed by atoms with E-state index in [2.05, 4.69) is 23.5 Å². The normalized spacial score (nSPS) is 7.78. The van der Waals surface area contributed by atoms with E-state index in [0.29, 0.717) is 0 Å². The van der Waals surface area contributed by atoms with Crippen LogP contribution in [0.5, 0.6) is 0 Å². The molecule has 0 atom stereocenters. The molecule has 0 amide bonds. The Bertz CT molecular complexity index is 153. The molecular formula is C7H11NS. The second-order valence-corrected chi connectivity index (χ2v) is 2.57. The maximum Gasteiger partial charge on any atom is 0.0897 e. The van der Waals surface area contributed by atoms with Crippen LogP contribution in [0.1, 0.15) is 10.7 Å². The summed E-state index contributed by atoms with van der Waals surface area (Å²) in [5.74, 6) is 0. The molecule has 0 N–H and O–H groups in total. The van der Waals surface area contributed by atoms with Gasteiger partial charge in [0.05, 0.1) is 5.01 Å². The average molecular weight is 141 g/mol. The Kier molecular flexibility index (Phi) is 3.97. The van der Waals surface area contributed by atoms with Gasteiger partial charge in [-0.3, -0.25) is 0 Å². The fraction of sp³-hybridized carbons (Fsp3) is 0.286. The first-order valence-electron chi connectivity index (χ1n) is 2.68. The molecule has 0 aliphatic carbocycles. The van der Waals surface area contributed by atoms with Crippen molar-refractivity contribution in [3.05, 3.63) is 29.2 Å². The minimum absolute atomic E-state index is 1.13. The molecule has 0 aliphatic rings. The molecule has 1 heterocycles. The second kappa shape index (κ2) is 4.27. The first-order chi connectivity index (χ1) is 4.29. The highest BCUT2D eigenvalue weighted by atomic mass is 32.1. The van der Waals surface area contributed by atoms with Gasteiger partial charge in [0.15, 0.2) is 0 Å². The molecular weight excluding hydrogens is 130 g/mol. The van der Waals surface area contributed by atoms with E-state index >= 15 is 0 Å². The van der Waals surface area contributed by atoms with E-state index in [1.54, 1.807) is 11.3 Å². The standard InChI is InChI=1S/C5H7NS.C2H4/c1-4-3-7-5(2)6-4;1-2/h3H,1-2H3;1-2H2. The molecule has 0 saturated heterocycles. The van der Waals surface area contributed by atoms with E-state index in [-0.39, 0.29) is 0 Å². The number of hydrogen-bond donors (Lipinski definition) is 0. The van der Waals surface area contributed by atoms with Crippen LogP contribution in [0, 0.1) is 13.8 Å². The summed E-state index contributed by atoms with van der Waals surface area (Å²) in [4.78, 5) is 4.13. The van der Waals surface area contributed by atoms with Crippen LogP contribution in [0.3, 0.4) is 0 Å². The van der Waals surface area contributed by atoms with Crippen molar-refractivity contribution >= 4 is 11.3 Å². The molecule has 9 heavy (non-hydrogen) atoms. The van der Waals surface area contributed by atoms with Crippen molar-refractivity contribution in [1.29, 1.82) is 0 Å². The van der Waals surface area contributed by atoms with Crippen molar-refractivity contribution < 1.29 is 0 Å². The minimum Gasteiger partial charge on any atom is -0.247 e. The van der Waals surface area contributed by atoms with Gasteiger partial charge in [0.1, 0.15) is 0 Å². The molecule has 1 nitrogen and oxygen atoms in total. The summed E-state index contributed by atoms with van der Waals surface area (Å²) in [5.41, 5.74) is 1.13. The predicted molar refractivity (Wildman–Crippen MR) is 42.8 cm³/mol. The summed E-state index contributed by atoms with van der Waals surface area (Å²) in [6.07, 6.45) is 0. The molecule has 0 aromatic carbocycles. The zero-order chi connectivity index (χ0) is 7.28. The van der Waals surface area contributed by atoms with E-state index in [1.165, 1.54) is 0 Å². The maximum atomic E-state index is 4.13. The minimum atomic E-state index is 1.13. The molecule has 0 fully saturated rings. The van der Waals surface area contributed by atoms with Gasteiger partial charge in [0, 0.05) is 11.1 Å². The number of nitrogens with zero attached hydrogens (tertiary/aromatic N) is 1. The quantitative estimate of drug-likeness (QED) is 0.506. The van der Waals surface area contributed by atoms with Crippen LogP contribution in [0.25, 0.3) is 0 Å². The Morgan fingerprint density at radius 2 is 2.00 bits per heavy atom. The molecule has 1 rings (SSSR count). The van der Waals surface area contributed by atoms with Crippen LogP contribution in [-0.2, 0) is 0 Å². The van der Waals surface area contributed by atoms with Crippen LogP contribution in [0.2, 0.25) is 0 Å². The van der Waals surface area contributed by atoms with Gasteiger partial charge in [-0.25, -0.2) is 4.98 Å². The smallest absolute Gasteiger partial charge is 0.0897 e. The third-order valence-corrected chi connectivity index (χ3v) is 1.63. The van der Waals surface area contributed by atoms with Crippen LogP contribution in [-0.4, -0.2) is 4.98 Å². The first kappa shape index (κ1) is 8.37. The largest absolute Gasteiger partial charge is 0.247 e. The molecule has 0 unspecified atom stereocenters. The molecule has 2 heteroatoms. The fourth-order valence-corrected chi connectivity index (χ4v) is 1.06. The summed E-state index contributed by atoms with van der Waals surface area (Å²) >= 11 is 1.69. The van der Waals surface area contributed by atoms with Gasteiger partial charge in [-0.1, -0.05) is 0 Å². The summed E-state index contributed by atoms with van der Waals surface area (Å²) < 4.78 is 0. The van der Waals surface area contributed by atoms with Crippen LogP contribution in [0.4, 0.5) is 0 Å². The van der Waals surface area contributed by atoms with E-state index in [4.69, 9.17) is 0 Å². The molecule has 0 spiro atoms. The highest BCUT2D eigenvalue weighted by molar-refractivity contribution is 7.09. The molecule has 1 aromatic heterocycles. The number of rotatable bonds is 0. The molecule has 0 saturated carbocycles. The highest BCUT2D eigenvalue weighted by Gasteiger charge is 1.85. The SMILES string of the molecule is C=C.Cc1csc(C)n1. The second-order valence-electron chi connectivity index (χ2n) is 1.51. The maximum absolute atomic E-state index is 4.13. The molecule has 1 aromatic rings. The lowest BCUT2D eigenvalue weighted by molar-refractivity contribution is 1.20. The summed E-state index contributed by atoms with van der Waals surface area (Å²) in [7, 11) is 0. The predicted octanol–water partition coefficient (Wildman–Crippen LogP) is 2.56. The Morgan fingerprint density at radius 3 is 2.11 bits per heavy atom. The van der Waals surface area contributed by atoms with E-state index in [0.717, 1.165) is 10.7 Å². The number of hydrogen-bond acceptors (Lipinski definition) is 2. The fourth-order valence-electron chi connectivity index (χ4n) is 0.472. The monoisotopic (exact) mass is 141 g/mol. The zero-order valence-corrected chi connectivity index (χ0v) is 6.66. The lowest BCUT2D eigenvalue weighted by Gasteiger charge is -1.71. The van der Waals surface area contributed by atoms with Crippen molar-refractivity contribution in [2.45, 2.75) is 13.8 Å². The lowest BCUT2D eigenvalue weighted by atomic mass is 10.6. The highest BCUT2D eigenvalue weighted by Crippen LogP contribution is 2.04. The topological polar surface area (TPSA) is 12.9 Å². The third kappa shape index (κ3) is 3.03. The van der Waals surface area contributed by atoms with Gasteiger partial charge >= 0.3 is 0 Å². The van der Waals surface area contributed by atoms with E-state index < -0.39 is 0 Å². The van der Waals surface area contributed by atoms with Crippen molar-refractivity contribution in [3.63, 3.8) is 0 Å². The van der Waals surface area contributed by atoms with Crippen LogP contribution >= 0.6 is 11.3 Å². The number of aryl methyl sites for hydroxylation is 2. The van der Waals surface area contributed by atoms with Gasteiger partial charge in [-0.15, -0.1) is 24.5 Å². The number of aromatic nitrogens is 1. The first-order valence-corrected chi connectivity index (χ1v) is 3.56. The summed E-state index contributed by atoms with van der Waals surface area (Å²) in [5, 5.41) is 3.20. The van der Waals surface area contributed by atoms with Gasteiger partial charge in [0.25, 0.3) is 0 Å². The molecule has 0 radical (unpaired) electrons. The molecule has 50 valence electrons. The van der Waals surface area contributed by atoms with Gasteiger partial charge in [-0.2, -0.15) is 0 Å². The molecule has 0 aliphatic heterocycles. The Labute approximate surface area is 60.1 Å². The molecule has 0 bridgehead atoms. The van der Waals surface area contributed by atoms with Crippen molar-refractivity contribution in [2.75, 3.05) is 0 Å². The Hall–Kier alpha value is -0.630. The third-order valence-electron chi connectivity index (χ3n) is 0.734. The van der Waals surface area contributed by atoms with Gasteiger partial charge in [-0.05, 0) is 13.8 Å². The van der Waals surface area contributed by atoms with Crippen molar-refractivity contribution in [2.24, 2.45) is 0 Å². The van der Waals surface area contributed by atoms with E-state index in [1.807, 2.05) is 13.8 Å². The average Bonchev–Trinajstić information content (AvgIpc) is 2.20. The summed E-state index contributed by atoms with van der Waals surface area (Å²) in [6, 6.07) is 0. The van der Waals surface area contributed by atoms with Gasteiger partial charge in [0.2, 0.25) is 0 Å². The lowest BCUT2D eigenvalue weighted by Crippen LogP contribution is -1.67. The Morgan fingerprint density at radius 1 is 1.44 bits per heavy atom. The van der Waals surface area contributed by atoms with Crippen molar-refractivity contribution in [3.8, 4) is 0 Å².